The lowest BCUT2D eigenvalue weighted by molar-refractivity contribution is 0.350. The van der Waals surface area contributed by atoms with Crippen LogP contribution in [0, 0.1) is 5.41 Å². The van der Waals surface area contributed by atoms with Crippen LogP contribution in [0.5, 0.6) is 0 Å². The van der Waals surface area contributed by atoms with Crippen LogP contribution >= 0.6 is 15.9 Å². The van der Waals surface area contributed by atoms with Gasteiger partial charge < -0.3 is 0 Å². The zero-order valence-electron chi connectivity index (χ0n) is 10.2. The predicted octanol–water partition coefficient (Wildman–Crippen LogP) is 2.56. The molecule has 1 rings (SSSR count). The molecule has 0 fully saturated rings. The van der Waals surface area contributed by atoms with E-state index in [2.05, 4.69) is 25.6 Å². The van der Waals surface area contributed by atoms with Gasteiger partial charge >= 0.3 is 0 Å². The molecule has 6 heteroatoms. The summed E-state index contributed by atoms with van der Waals surface area (Å²) in [7, 11) is -3.47. The van der Waals surface area contributed by atoms with Crippen molar-refractivity contribution in [3.05, 3.63) is 22.9 Å². The molecule has 0 aliphatic rings. The molecule has 17 heavy (non-hydrogen) atoms. The average molecular weight is 321 g/mol. The number of nitrogens with zero attached hydrogens (tertiary/aromatic N) is 1. The zero-order valence-corrected chi connectivity index (χ0v) is 12.6. The molecule has 1 aromatic heterocycles. The molecule has 96 valence electrons. The Labute approximate surface area is 111 Å². The summed E-state index contributed by atoms with van der Waals surface area (Å²) in [6.45, 7) is 6.50. The third-order valence-electron chi connectivity index (χ3n) is 2.69. The number of nitrogens with one attached hydrogen (secondary N) is 1. The van der Waals surface area contributed by atoms with E-state index >= 15 is 0 Å². The Morgan fingerprint density at radius 2 is 2.06 bits per heavy atom. The van der Waals surface area contributed by atoms with Crippen molar-refractivity contribution in [2.45, 2.75) is 32.1 Å². The second-order valence-corrected chi connectivity index (χ2v) is 7.36. The van der Waals surface area contributed by atoms with Gasteiger partial charge in [0.25, 0.3) is 0 Å². The maximum atomic E-state index is 12.0. The second-order valence-electron chi connectivity index (χ2n) is 4.68. The molecule has 1 N–H and O–H groups in total. The predicted molar refractivity (Wildman–Crippen MR) is 71.2 cm³/mol. The first-order valence-electron chi connectivity index (χ1n) is 5.37. The largest absolute Gasteiger partial charge is 0.262 e. The molecule has 1 aromatic rings. The van der Waals surface area contributed by atoms with E-state index in [0.29, 0.717) is 11.0 Å². The molecule has 0 aliphatic heterocycles. The molecule has 0 saturated heterocycles. The van der Waals surface area contributed by atoms with E-state index in [1.165, 1.54) is 12.3 Å². The number of pyridine rings is 1. The zero-order chi connectivity index (χ0) is 13.1. The Hall–Kier alpha value is -0.460. The summed E-state index contributed by atoms with van der Waals surface area (Å²) < 4.78 is 27.2. The van der Waals surface area contributed by atoms with E-state index in [-0.39, 0.29) is 10.3 Å². The summed E-state index contributed by atoms with van der Waals surface area (Å²) in [5.74, 6) is 0. The molecule has 0 spiro atoms. The fourth-order valence-corrected chi connectivity index (χ4v) is 2.78. The van der Waals surface area contributed by atoms with Crippen LogP contribution in [0.2, 0.25) is 0 Å². The van der Waals surface area contributed by atoms with Gasteiger partial charge in [-0.1, -0.05) is 20.8 Å². The Morgan fingerprint density at radius 1 is 1.41 bits per heavy atom. The topological polar surface area (TPSA) is 59.1 Å². The molecule has 0 aromatic carbocycles. The van der Waals surface area contributed by atoms with E-state index in [1.54, 1.807) is 6.20 Å². The van der Waals surface area contributed by atoms with Crippen molar-refractivity contribution in [1.29, 1.82) is 0 Å². The first-order valence-corrected chi connectivity index (χ1v) is 7.65. The highest BCUT2D eigenvalue weighted by atomic mass is 79.9. The Morgan fingerprint density at radius 3 is 2.59 bits per heavy atom. The van der Waals surface area contributed by atoms with Gasteiger partial charge in [-0.15, -0.1) is 0 Å². The molecule has 0 aliphatic carbocycles. The minimum atomic E-state index is -3.47. The fourth-order valence-electron chi connectivity index (χ4n) is 1.04. The maximum absolute atomic E-state index is 12.0. The van der Waals surface area contributed by atoms with Gasteiger partial charge in [0.2, 0.25) is 10.0 Å². The first kappa shape index (κ1) is 14.6. The highest BCUT2D eigenvalue weighted by Crippen LogP contribution is 2.20. The van der Waals surface area contributed by atoms with Crippen LogP contribution < -0.4 is 4.72 Å². The summed E-state index contributed by atoms with van der Waals surface area (Å²) in [6.07, 6.45) is 3.80. The Balaban J connectivity index is 2.83. The van der Waals surface area contributed by atoms with Crippen LogP contribution in [0.3, 0.4) is 0 Å². The minimum Gasteiger partial charge on any atom is -0.262 e. The van der Waals surface area contributed by atoms with E-state index in [4.69, 9.17) is 0 Å². The normalized spacial score (nSPS) is 12.7. The molecule has 0 bridgehead atoms. The molecule has 0 unspecified atom stereocenters. The lowest BCUT2D eigenvalue weighted by Gasteiger charge is -2.22. The second kappa shape index (κ2) is 5.46. The van der Waals surface area contributed by atoms with Gasteiger partial charge in [0.1, 0.15) is 4.90 Å². The summed E-state index contributed by atoms with van der Waals surface area (Å²) >= 11 is 3.20. The van der Waals surface area contributed by atoms with Crippen molar-refractivity contribution in [3.8, 4) is 0 Å². The standard InChI is InChI=1S/C11H17BrN2O2S/c1-4-11(2,3)8-14-17(15,16)10-5-9(12)6-13-7-10/h5-7,14H,4,8H2,1-3H3. The number of sulfonamides is 1. The maximum Gasteiger partial charge on any atom is 0.242 e. The van der Waals surface area contributed by atoms with Crippen LogP contribution in [-0.4, -0.2) is 19.9 Å². The fraction of sp³-hybridized carbons (Fsp3) is 0.545. The number of hydrogen-bond donors (Lipinski definition) is 1. The lowest BCUT2D eigenvalue weighted by Crippen LogP contribution is -2.33. The van der Waals surface area contributed by atoms with Crippen molar-refractivity contribution < 1.29 is 8.42 Å². The van der Waals surface area contributed by atoms with Gasteiger partial charge in [-0.2, -0.15) is 0 Å². The van der Waals surface area contributed by atoms with E-state index in [9.17, 15) is 8.42 Å². The molecular formula is C11H17BrN2O2S. The van der Waals surface area contributed by atoms with Crippen LogP contribution in [0.25, 0.3) is 0 Å². The molecule has 0 radical (unpaired) electrons. The number of rotatable bonds is 5. The van der Waals surface area contributed by atoms with Crippen LogP contribution in [0.15, 0.2) is 27.8 Å². The van der Waals surface area contributed by atoms with Crippen molar-refractivity contribution in [3.63, 3.8) is 0 Å². The first-order chi connectivity index (χ1) is 7.77. The van der Waals surface area contributed by atoms with E-state index in [0.717, 1.165) is 6.42 Å². The summed E-state index contributed by atoms with van der Waals surface area (Å²) in [5, 5.41) is 0. The molecule has 1 heterocycles. The summed E-state index contributed by atoms with van der Waals surface area (Å²) in [6, 6.07) is 1.54. The molecule has 0 atom stereocenters. The smallest absolute Gasteiger partial charge is 0.242 e. The van der Waals surface area contributed by atoms with Crippen molar-refractivity contribution in [2.75, 3.05) is 6.54 Å². The van der Waals surface area contributed by atoms with Gasteiger partial charge in [0.05, 0.1) is 0 Å². The molecule has 4 nitrogen and oxygen atoms in total. The lowest BCUT2D eigenvalue weighted by atomic mass is 9.91. The van der Waals surface area contributed by atoms with Gasteiger partial charge in [0, 0.05) is 23.4 Å². The van der Waals surface area contributed by atoms with Crippen molar-refractivity contribution >= 4 is 26.0 Å². The van der Waals surface area contributed by atoms with Gasteiger partial charge in [-0.3, -0.25) is 4.98 Å². The summed E-state index contributed by atoms with van der Waals surface area (Å²) in [5.41, 5.74) is -0.0491. The van der Waals surface area contributed by atoms with Gasteiger partial charge in [-0.25, -0.2) is 13.1 Å². The van der Waals surface area contributed by atoms with Crippen LogP contribution in [-0.2, 0) is 10.0 Å². The van der Waals surface area contributed by atoms with Crippen LogP contribution in [0.1, 0.15) is 27.2 Å². The highest BCUT2D eigenvalue weighted by Gasteiger charge is 2.21. The number of hydrogen-bond acceptors (Lipinski definition) is 3. The molecule has 0 saturated carbocycles. The minimum absolute atomic E-state index is 0.0491. The quantitative estimate of drug-likeness (QED) is 0.907. The van der Waals surface area contributed by atoms with Crippen LogP contribution in [0.4, 0.5) is 0 Å². The van der Waals surface area contributed by atoms with Gasteiger partial charge in [-0.05, 0) is 33.8 Å². The van der Waals surface area contributed by atoms with Gasteiger partial charge in [0.15, 0.2) is 0 Å². The third-order valence-corrected chi connectivity index (χ3v) is 4.49. The van der Waals surface area contributed by atoms with E-state index < -0.39 is 10.0 Å². The Bertz CT molecular complexity index is 486. The summed E-state index contributed by atoms with van der Waals surface area (Å²) in [4.78, 5) is 4.03. The molecular weight excluding hydrogens is 304 g/mol. The average Bonchev–Trinajstić information content (AvgIpc) is 2.27. The SMILES string of the molecule is CCC(C)(C)CNS(=O)(=O)c1cncc(Br)c1. The van der Waals surface area contributed by atoms with E-state index in [1.807, 2.05) is 20.8 Å². The Kier molecular flexibility index (Phi) is 4.69. The van der Waals surface area contributed by atoms with Crippen molar-refractivity contribution in [1.82, 2.24) is 9.71 Å². The number of aromatic nitrogens is 1. The van der Waals surface area contributed by atoms with Crippen molar-refractivity contribution in [2.24, 2.45) is 5.41 Å². The third kappa shape index (κ3) is 4.37. The molecule has 0 amide bonds. The number of halogens is 1. The highest BCUT2D eigenvalue weighted by molar-refractivity contribution is 9.10. The monoisotopic (exact) mass is 320 g/mol.